The maximum Gasteiger partial charge on any atom is 0.326 e. The highest BCUT2D eigenvalue weighted by Crippen LogP contribution is 2.07. The van der Waals surface area contributed by atoms with Crippen molar-refractivity contribution in [1.29, 1.82) is 0 Å². The van der Waals surface area contributed by atoms with Gasteiger partial charge in [-0.1, -0.05) is 20.3 Å². The van der Waals surface area contributed by atoms with Crippen LogP contribution in [0.2, 0.25) is 0 Å². The summed E-state index contributed by atoms with van der Waals surface area (Å²) in [5, 5.41) is 11.2. The SMILES string of the molecule is CCC(C)C(NC(=O)COCCF)C(=O)O. The Balaban J connectivity index is 4.09. The molecule has 1 amide bonds. The maximum atomic E-state index is 11.7. The predicted octanol–water partition coefficient (Wildman–Crippen LogP) is 0.588. The number of hydrogen-bond donors (Lipinski definition) is 2. The normalized spacial score (nSPS) is 14.2. The van der Waals surface area contributed by atoms with Crippen LogP contribution in [0.5, 0.6) is 0 Å². The Hall–Kier alpha value is -1.17. The third-order valence-corrected chi connectivity index (χ3v) is 2.25. The van der Waals surface area contributed by atoms with Crippen molar-refractivity contribution < 1.29 is 23.8 Å². The summed E-state index contributed by atoms with van der Waals surface area (Å²) in [6.07, 6.45) is 0.641. The number of rotatable bonds is 8. The fraction of sp³-hybridized carbons (Fsp3) is 0.800. The van der Waals surface area contributed by atoms with Crippen LogP contribution in [0, 0.1) is 5.92 Å². The zero-order valence-corrected chi connectivity index (χ0v) is 9.53. The van der Waals surface area contributed by atoms with Crippen molar-refractivity contribution in [1.82, 2.24) is 5.32 Å². The van der Waals surface area contributed by atoms with Crippen LogP contribution in [-0.4, -0.2) is 42.9 Å². The van der Waals surface area contributed by atoms with Crippen LogP contribution >= 0.6 is 0 Å². The topological polar surface area (TPSA) is 75.6 Å². The molecule has 0 rings (SSSR count). The molecule has 0 aliphatic rings. The highest BCUT2D eigenvalue weighted by atomic mass is 19.1. The number of hydrogen-bond acceptors (Lipinski definition) is 3. The summed E-state index contributed by atoms with van der Waals surface area (Å²) in [5.41, 5.74) is 0. The molecule has 0 aliphatic carbocycles. The van der Waals surface area contributed by atoms with Gasteiger partial charge in [-0.2, -0.15) is 0 Å². The summed E-state index contributed by atoms with van der Waals surface area (Å²) in [6, 6.07) is -0.925. The Bertz CT molecular complexity index is 235. The molecular formula is C10H18FNO4. The zero-order valence-electron chi connectivity index (χ0n) is 9.53. The van der Waals surface area contributed by atoms with Gasteiger partial charge in [0.25, 0.3) is 0 Å². The van der Waals surface area contributed by atoms with Gasteiger partial charge < -0.3 is 15.2 Å². The lowest BCUT2D eigenvalue weighted by Gasteiger charge is -2.19. The summed E-state index contributed by atoms with van der Waals surface area (Å²) in [4.78, 5) is 22.1. The van der Waals surface area contributed by atoms with Gasteiger partial charge in [-0.15, -0.1) is 0 Å². The Morgan fingerprint density at radius 1 is 1.50 bits per heavy atom. The molecule has 94 valence electrons. The molecule has 0 heterocycles. The number of amides is 1. The van der Waals surface area contributed by atoms with E-state index >= 15 is 0 Å². The molecule has 0 saturated carbocycles. The molecule has 5 nitrogen and oxygen atoms in total. The second-order valence-corrected chi connectivity index (χ2v) is 3.51. The Morgan fingerprint density at radius 3 is 2.56 bits per heavy atom. The summed E-state index contributed by atoms with van der Waals surface area (Å²) >= 11 is 0. The lowest BCUT2D eigenvalue weighted by Crippen LogP contribution is -2.46. The van der Waals surface area contributed by atoms with Gasteiger partial charge in [-0.3, -0.25) is 4.79 Å². The standard InChI is InChI=1S/C10H18FNO4/c1-3-7(2)9(10(14)15)12-8(13)6-16-5-4-11/h7,9H,3-6H2,1-2H3,(H,12,13)(H,14,15). The zero-order chi connectivity index (χ0) is 12.6. The number of nitrogens with one attached hydrogen (secondary N) is 1. The van der Waals surface area contributed by atoms with Crippen molar-refractivity contribution in [2.75, 3.05) is 19.9 Å². The lowest BCUT2D eigenvalue weighted by molar-refractivity contribution is -0.144. The second-order valence-electron chi connectivity index (χ2n) is 3.51. The van der Waals surface area contributed by atoms with Crippen LogP contribution in [0.25, 0.3) is 0 Å². The summed E-state index contributed by atoms with van der Waals surface area (Å²) < 4.78 is 16.3. The number of halogens is 1. The van der Waals surface area contributed by atoms with Gasteiger partial charge in [0.1, 0.15) is 19.3 Å². The molecule has 0 spiro atoms. The van der Waals surface area contributed by atoms with Crippen LogP contribution in [0.3, 0.4) is 0 Å². The average molecular weight is 235 g/mol. The fourth-order valence-corrected chi connectivity index (χ4v) is 1.12. The van der Waals surface area contributed by atoms with E-state index in [2.05, 4.69) is 10.1 Å². The number of carboxylic acid groups (broad SMARTS) is 1. The number of carboxylic acids is 1. The monoisotopic (exact) mass is 235 g/mol. The first-order valence-corrected chi connectivity index (χ1v) is 5.18. The van der Waals surface area contributed by atoms with Gasteiger partial charge in [0.05, 0.1) is 6.61 Å². The molecule has 0 aliphatic heterocycles. The molecule has 16 heavy (non-hydrogen) atoms. The second kappa shape index (κ2) is 8.04. The summed E-state index contributed by atoms with van der Waals surface area (Å²) in [7, 11) is 0. The minimum Gasteiger partial charge on any atom is -0.480 e. The molecule has 0 saturated heterocycles. The molecule has 0 aromatic heterocycles. The summed E-state index contributed by atoms with van der Waals surface area (Å²) in [6.45, 7) is 2.44. The fourth-order valence-electron chi connectivity index (χ4n) is 1.12. The maximum absolute atomic E-state index is 11.7. The quantitative estimate of drug-likeness (QED) is 0.604. The third kappa shape index (κ3) is 5.65. The van der Waals surface area contributed by atoms with Crippen LogP contribution in [-0.2, 0) is 14.3 Å². The van der Waals surface area contributed by atoms with Gasteiger partial charge in [-0.05, 0) is 5.92 Å². The first kappa shape index (κ1) is 14.8. The van der Waals surface area contributed by atoms with E-state index in [9.17, 15) is 14.0 Å². The number of carbonyl (C=O) groups excluding carboxylic acids is 1. The third-order valence-electron chi connectivity index (χ3n) is 2.25. The van der Waals surface area contributed by atoms with E-state index in [1.807, 2.05) is 6.92 Å². The van der Waals surface area contributed by atoms with Crippen molar-refractivity contribution in [3.05, 3.63) is 0 Å². The van der Waals surface area contributed by atoms with Gasteiger partial charge in [-0.25, -0.2) is 9.18 Å². The number of carbonyl (C=O) groups is 2. The number of alkyl halides is 1. The highest BCUT2D eigenvalue weighted by molar-refractivity contribution is 5.84. The van der Waals surface area contributed by atoms with Gasteiger partial charge in [0.2, 0.25) is 5.91 Å². The first-order valence-electron chi connectivity index (χ1n) is 5.18. The van der Waals surface area contributed by atoms with Crippen molar-refractivity contribution in [3.63, 3.8) is 0 Å². The Labute approximate surface area is 94.0 Å². The molecule has 2 atom stereocenters. The highest BCUT2D eigenvalue weighted by Gasteiger charge is 2.24. The molecule has 6 heteroatoms. The minimum atomic E-state index is -1.08. The Morgan fingerprint density at radius 2 is 2.12 bits per heavy atom. The predicted molar refractivity (Wildman–Crippen MR) is 55.8 cm³/mol. The minimum absolute atomic E-state index is 0.158. The van der Waals surface area contributed by atoms with Crippen LogP contribution in [0.4, 0.5) is 4.39 Å². The molecule has 0 radical (unpaired) electrons. The molecular weight excluding hydrogens is 217 g/mol. The van der Waals surface area contributed by atoms with Crippen molar-refractivity contribution in [2.24, 2.45) is 5.92 Å². The smallest absolute Gasteiger partial charge is 0.326 e. The van der Waals surface area contributed by atoms with E-state index < -0.39 is 24.6 Å². The van der Waals surface area contributed by atoms with E-state index in [1.54, 1.807) is 6.92 Å². The van der Waals surface area contributed by atoms with Crippen LogP contribution in [0.1, 0.15) is 20.3 Å². The Kier molecular flexibility index (Phi) is 7.45. The number of ether oxygens (including phenoxy) is 1. The van der Waals surface area contributed by atoms with Crippen molar-refractivity contribution in [2.45, 2.75) is 26.3 Å². The van der Waals surface area contributed by atoms with Crippen molar-refractivity contribution in [3.8, 4) is 0 Å². The van der Waals surface area contributed by atoms with Gasteiger partial charge in [0.15, 0.2) is 0 Å². The summed E-state index contributed by atoms with van der Waals surface area (Å²) in [5.74, 6) is -1.78. The lowest BCUT2D eigenvalue weighted by atomic mass is 9.99. The molecule has 0 aromatic carbocycles. The van der Waals surface area contributed by atoms with Gasteiger partial charge >= 0.3 is 5.97 Å². The van der Waals surface area contributed by atoms with E-state index in [4.69, 9.17) is 5.11 Å². The van der Waals surface area contributed by atoms with Crippen LogP contribution < -0.4 is 5.32 Å². The van der Waals surface area contributed by atoms with E-state index in [0.29, 0.717) is 6.42 Å². The molecule has 0 bridgehead atoms. The van der Waals surface area contributed by atoms with Crippen LogP contribution in [0.15, 0.2) is 0 Å². The van der Waals surface area contributed by atoms with Crippen molar-refractivity contribution >= 4 is 11.9 Å². The first-order chi connectivity index (χ1) is 7.52. The van der Waals surface area contributed by atoms with E-state index in [0.717, 1.165) is 0 Å². The van der Waals surface area contributed by atoms with Gasteiger partial charge in [0, 0.05) is 0 Å². The average Bonchev–Trinajstić information content (AvgIpc) is 2.25. The van der Waals surface area contributed by atoms with E-state index in [-0.39, 0.29) is 19.1 Å². The molecule has 2 unspecified atom stereocenters. The molecule has 2 N–H and O–H groups in total. The largest absolute Gasteiger partial charge is 0.480 e. The van der Waals surface area contributed by atoms with E-state index in [1.165, 1.54) is 0 Å². The molecule has 0 fully saturated rings. The molecule has 0 aromatic rings. The number of aliphatic carboxylic acids is 1.